The molecule has 2 aromatic carbocycles. The lowest BCUT2D eigenvalue weighted by Gasteiger charge is -2.12. The fourth-order valence-corrected chi connectivity index (χ4v) is 6.04. The van der Waals surface area contributed by atoms with Gasteiger partial charge in [-0.3, -0.25) is 28.4 Å². The predicted octanol–water partition coefficient (Wildman–Crippen LogP) is 5.25. The number of pyridine rings is 1. The van der Waals surface area contributed by atoms with Crippen LogP contribution in [0.25, 0.3) is 17.4 Å². The van der Waals surface area contributed by atoms with Crippen molar-refractivity contribution in [3.8, 4) is 17.3 Å². The van der Waals surface area contributed by atoms with E-state index >= 15 is 0 Å². The highest BCUT2D eigenvalue weighted by Gasteiger charge is 2.38. The fraction of sp³-hybridized carbons (Fsp3) is 0.129. The van der Waals surface area contributed by atoms with Crippen LogP contribution in [-0.4, -0.2) is 29.0 Å². The molecule has 0 bridgehead atoms. The fourth-order valence-electron chi connectivity index (χ4n) is 4.79. The van der Waals surface area contributed by atoms with Crippen molar-refractivity contribution in [1.29, 1.82) is 0 Å². The number of hydrogen-bond acceptors (Lipinski definition) is 7. The molecular formula is C31H25N5O4S2. The molecule has 42 heavy (non-hydrogen) atoms. The second-order valence-corrected chi connectivity index (χ2v) is 11.3. The SMILES string of the molecule is CCc1ccc(Oc2nc3ccccn3c(=O)c2/C=C2/SC(=S)N(c3c(C)n(C)n(-c4ccccc4)c3=O)C2=O)cc1. The van der Waals surface area contributed by atoms with Crippen molar-refractivity contribution in [2.45, 2.75) is 20.3 Å². The lowest BCUT2D eigenvalue weighted by molar-refractivity contribution is -0.113. The maximum absolute atomic E-state index is 13.8. The topological polar surface area (TPSA) is 90.8 Å². The number of anilines is 1. The second-order valence-electron chi connectivity index (χ2n) is 9.59. The molecule has 0 spiro atoms. The third-order valence-corrected chi connectivity index (χ3v) is 8.40. The summed E-state index contributed by atoms with van der Waals surface area (Å²) < 4.78 is 10.8. The van der Waals surface area contributed by atoms with Crippen LogP contribution in [0.1, 0.15) is 23.7 Å². The van der Waals surface area contributed by atoms with Crippen molar-refractivity contribution >= 4 is 51.6 Å². The van der Waals surface area contributed by atoms with Crippen LogP contribution < -0.4 is 20.8 Å². The molecule has 9 nitrogen and oxygen atoms in total. The number of para-hydroxylation sites is 1. The average Bonchev–Trinajstić information content (AvgIpc) is 3.39. The smallest absolute Gasteiger partial charge is 0.296 e. The summed E-state index contributed by atoms with van der Waals surface area (Å²) in [7, 11) is 1.75. The number of carbonyl (C=O) groups is 1. The summed E-state index contributed by atoms with van der Waals surface area (Å²) in [6, 6.07) is 21.9. The quantitative estimate of drug-likeness (QED) is 0.196. The molecule has 0 radical (unpaired) electrons. The summed E-state index contributed by atoms with van der Waals surface area (Å²) in [5.41, 5.74) is 2.21. The third-order valence-electron chi connectivity index (χ3n) is 7.10. The Labute approximate surface area is 250 Å². The summed E-state index contributed by atoms with van der Waals surface area (Å²) in [6.45, 7) is 3.82. The molecule has 1 amide bonds. The number of amides is 1. The minimum atomic E-state index is -0.508. The van der Waals surface area contributed by atoms with Gasteiger partial charge in [0.15, 0.2) is 4.32 Å². The van der Waals surface area contributed by atoms with Crippen molar-refractivity contribution in [2.24, 2.45) is 7.05 Å². The second kappa shape index (κ2) is 10.9. The van der Waals surface area contributed by atoms with Gasteiger partial charge >= 0.3 is 0 Å². The number of thiocarbonyl (C=S) groups is 1. The monoisotopic (exact) mass is 595 g/mol. The van der Waals surface area contributed by atoms with Crippen LogP contribution in [0, 0.1) is 6.92 Å². The molecule has 1 aliphatic rings. The maximum atomic E-state index is 13.8. The predicted molar refractivity (Wildman–Crippen MR) is 169 cm³/mol. The molecule has 11 heteroatoms. The number of nitrogens with zero attached hydrogens (tertiary/aromatic N) is 5. The molecule has 1 fully saturated rings. The molecule has 0 atom stereocenters. The van der Waals surface area contributed by atoms with Crippen LogP contribution in [0.3, 0.4) is 0 Å². The Morgan fingerprint density at radius 2 is 1.67 bits per heavy atom. The van der Waals surface area contributed by atoms with Gasteiger partial charge in [0.1, 0.15) is 22.6 Å². The van der Waals surface area contributed by atoms with E-state index in [0.29, 0.717) is 22.8 Å². The molecule has 210 valence electrons. The lowest BCUT2D eigenvalue weighted by Crippen LogP contribution is -2.33. The lowest BCUT2D eigenvalue weighted by atomic mass is 10.2. The van der Waals surface area contributed by atoms with E-state index in [4.69, 9.17) is 17.0 Å². The van der Waals surface area contributed by atoms with Crippen molar-refractivity contribution < 1.29 is 9.53 Å². The highest BCUT2D eigenvalue weighted by Crippen LogP contribution is 2.37. The summed E-state index contributed by atoms with van der Waals surface area (Å²) in [6.07, 6.45) is 3.92. The number of benzene rings is 2. The molecule has 0 unspecified atom stereocenters. The van der Waals surface area contributed by atoms with Crippen LogP contribution in [0.15, 0.2) is 93.5 Å². The van der Waals surface area contributed by atoms with E-state index in [2.05, 4.69) is 11.9 Å². The summed E-state index contributed by atoms with van der Waals surface area (Å²) >= 11 is 6.61. The molecule has 0 aliphatic carbocycles. The average molecular weight is 596 g/mol. The molecule has 6 rings (SSSR count). The van der Waals surface area contributed by atoms with E-state index in [1.165, 1.54) is 20.1 Å². The van der Waals surface area contributed by atoms with Gasteiger partial charge in [-0.1, -0.05) is 67.3 Å². The first-order chi connectivity index (χ1) is 20.3. The van der Waals surface area contributed by atoms with Gasteiger partial charge in [0.05, 0.1) is 16.3 Å². The molecule has 4 heterocycles. The first-order valence-electron chi connectivity index (χ1n) is 13.2. The molecular weight excluding hydrogens is 571 g/mol. The number of hydrogen-bond donors (Lipinski definition) is 0. The van der Waals surface area contributed by atoms with Gasteiger partial charge in [-0.15, -0.1) is 0 Å². The zero-order valence-corrected chi connectivity index (χ0v) is 24.6. The number of ether oxygens (including phenoxy) is 1. The minimum absolute atomic E-state index is 0.0584. The van der Waals surface area contributed by atoms with Crippen LogP contribution in [0.2, 0.25) is 0 Å². The number of rotatable bonds is 6. The zero-order chi connectivity index (χ0) is 29.5. The first-order valence-corrected chi connectivity index (χ1v) is 14.4. The highest BCUT2D eigenvalue weighted by molar-refractivity contribution is 8.27. The van der Waals surface area contributed by atoms with Crippen LogP contribution in [0.5, 0.6) is 11.6 Å². The van der Waals surface area contributed by atoms with E-state index in [9.17, 15) is 14.4 Å². The molecule has 5 aromatic rings. The van der Waals surface area contributed by atoms with Crippen molar-refractivity contribution in [2.75, 3.05) is 4.90 Å². The Hall–Kier alpha value is -4.74. The molecule has 3 aromatic heterocycles. The van der Waals surface area contributed by atoms with E-state index in [1.807, 2.05) is 54.6 Å². The largest absolute Gasteiger partial charge is 0.438 e. The van der Waals surface area contributed by atoms with Gasteiger partial charge in [0, 0.05) is 13.2 Å². The number of carbonyl (C=O) groups excluding carboxylic acids is 1. The van der Waals surface area contributed by atoms with Crippen LogP contribution in [0.4, 0.5) is 5.69 Å². The Bertz CT molecular complexity index is 2030. The van der Waals surface area contributed by atoms with Gasteiger partial charge in [0.25, 0.3) is 17.0 Å². The highest BCUT2D eigenvalue weighted by atomic mass is 32.2. The molecule has 1 saturated heterocycles. The van der Waals surface area contributed by atoms with Crippen LogP contribution in [-0.2, 0) is 18.3 Å². The van der Waals surface area contributed by atoms with Gasteiger partial charge in [-0.25, -0.2) is 4.68 Å². The summed E-state index contributed by atoms with van der Waals surface area (Å²) in [5, 5.41) is 0. The summed E-state index contributed by atoms with van der Waals surface area (Å²) in [5.74, 6) is 0.0535. The van der Waals surface area contributed by atoms with Crippen molar-refractivity contribution in [1.82, 2.24) is 18.7 Å². The van der Waals surface area contributed by atoms with Gasteiger partial charge in [-0.05, 0) is 61.4 Å². The minimum Gasteiger partial charge on any atom is -0.438 e. The Balaban J connectivity index is 1.45. The molecule has 1 aliphatic heterocycles. The zero-order valence-electron chi connectivity index (χ0n) is 23.0. The Morgan fingerprint density at radius 3 is 2.38 bits per heavy atom. The number of fused-ring (bicyclic) bond motifs is 1. The Kier molecular flexibility index (Phi) is 7.13. The normalized spacial score (nSPS) is 14.4. The molecule has 0 N–H and O–H groups in total. The third kappa shape index (κ3) is 4.66. The maximum Gasteiger partial charge on any atom is 0.296 e. The van der Waals surface area contributed by atoms with Crippen LogP contribution >= 0.6 is 24.0 Å². The van der Waals surface area contributed by atoms with E-state index in [0.717, 1.165) is 23.7 Å². The van der Waals surface area contributed by atoms with Gasteiger partial charge in [-0.2, -0.15) is 4.98 Å². The number of thioether (sulfide) groups is 1. The number of aromatic nitrogens is 4. The van der Waals surface area contributed by atoms with E-state index < -0.39 is 11.5 Å². The molecule has 0 saturated carbocycles. The standard InChI is InChI=1S/C31H25N5O4S2/c1-4-20-13-15-22(16-14-20)40-27-23(28(37)34-17-9-8-12-25(34)32-27)18-24-29(38)35(31(41)42-24)26-19(2)33(3)36(30(26)39)21-10-6-5-7-11-21/h5-18H,4H2,1-3H3/b24-18+. The van der Waals surface area contributed by atoms with E-state index in [1.54, 1.807) is 43.0 Å². The van der Waals surface area contributed by atoms with E-state index in [-0.39, 0.29) is 31.9 Å². The first kappa shape index (κ1) is 27.4. The number of aryl methyl sites for hydroxylation is 1. The van der Waals surface area contributed by atoms with Gasteiger partial charge < -0.3 is 4.74 Å². The van der Waals surface area contributed by atoms with Gasteiger partial charge in [0.2, 0.25) is 5.88 Å². The van der Waals surface area contributed by atoms with Crippen molar-refractivity contribution in [3.63, 3.8) is 0 Å². The Morgan fingerprint density at radius 1 is 0.952 bits per heavy atom. The summed E-state index contributed by atoms with van der Waals surface area (Å²) in [4.78, 5) is 47.1. The van der Waals surface area contributed by atoms with Crippen molar-refractivity contribution in [3.05, 3.63) is 121 Å².